The molecule has 1 heterocycles. The van der Waals surface area contributed by atoms with E-state index in [4.69, 9.17) is 4.74 Å². The van der Waals surface area contributed by atoms with Crippen molar-refractivity contribution >= 4 is 10.2 Å². The highest BCUT2D eigenvalue weighted by atomic mass is 32.2. The first kappa shape index (κ1) is 13.9. The van der Waals surface area contributed by atoms with Gasteiger partial charge in [0.2, 0.25) is 0 Å². The lowest BCUT2D eigenvalue weighted by molar-refractivity contribution is 0.203. The van der Waals surface area contributed by atoms with Crippen LogP contribution in [0.5, 0.6) is 0 Å². The Morgan fingerprint density at radius 2 is 2.06 bits per heavy atom. The highest BCUT2D eigenvalue weighted by Gasteiger charge is 2.26. The van der Waals surface area contributed by atoms with Crippen molar-refractivity contribution in [2.24, 2.45) is 0 Å². The molecule has 0 saturated carbocycles. The molecule has 1 saturated heterocycles. The Morgan fingerprint density at radius 3 is 2.62 bits per heavy atom. The molecule has 0 aliphatic carbocycles. The van der Waals surface area contributed by atoms with E-state index in [-0.39, 0.29) is 6.04 Å². The van der Waals surface area contributed by atoms with Crippen LogP contribution in [-0.4, -0.2) is 59.2 Å². The topological polar surface area (TPSA) is 70.7 Å². The van der Waals surface area contributed by atoms with Crippen molar-refractivity contribution in [3.05, 3.63) is 0 Å². The fourth-order valence-electron chi connectivity index (χ4n) is 1.74. The monoisotopic (exact) mass is 251 g/mol. The van der Waals surface area contributed by atoms with Crippen molar-refractivity contribution in [3.63, 3.8) is 0 Å². The summed E-state index contributed by atoms with van der Waals surface area (Å²) in [5.41, 5.74) is 0. The first-order valence-corrected chi connectivity index (χ1v) is 6.94. The molecule has 7 heteroatoms. The number of nitrogens with one attached hydrogen (secondary N) is 2. The summed E-state index contributed by atoms with van der Waals surface area (Å²) in [6.45, 7) is 2.46. The van der Waals surface area contributed by atoms with E-state index in [0.29, 0.717) is 13.2 Å². The number of ether oxygens (including phenoxy) is 1. The van der Waals surface area contributed by atoms with Crippen LogP contribution < -0.4 is 10.0 Å². The predicted octanol–water partition coefficient (Wildman–Crippen LogP) is -0.849. The van der Waals surface area contributed by atoms with Crippen LogP contribution in [0.25, 0.3) is 0 Å². The van der Waals surface area contributed by atoms with E-state index in [1.807, 2.05) is 0 Å². The van der Waals surface area contributed by atoms with Crippen LogP contribution in [0.15, 0.2) is 0 Å². The summed E-state index contributed by atoms with van der Waals surface area (Å²) in [7, 11) is -0.180. The lowest BCUT2D eigenvalue weighted by atomic mass is 10.1. The average Bonchev–Trinajstić information content (AvgIpc) is 2.29. The Morgan fingerprint density at radius 1 is 1.44 bits per heavy atom. The molecule has 16 heavy (non-hydrogen) atoms. The highest BCUT2D eigenvalue weighted by Crippen LogP contribution is 2.12. The van der Waals surface area contributed by atoms with Gasteiger partial charge in [-0.25, -0.2) is 0 Å². The molecular weight excluding hydrogens is 230 g/mol. The third kappa shape index (κ3) is 3.99. The Hall–Kier alpha value is -0.210. The second-order valence-electron chi connectivity index (χ2n) is 3.89. The van der Waals surface area contributed by atoms with Crippen LogP contribution in [0.3, 0.4) is 0 Å². The second-order valence-corrected chi connectivity index (χ2v) is 5.70. The number of hydrogen-bond donors (Lipinski definition) is 2. The minimum Gasteiger partial charge on any atom is -0.383 e. The van der Waals surface area contributed by atoms with Crippen molar-refractivity contribution in [2.45, 2.75) is 18.9 Å². The Balaban J connectivity index is 2.46. The third-order valence-corrected chi connectivity index (χ3v) is 4.42. The summed E-state index contributed by atoms with van der Waals surface area (Å²) in [6, 6.07) is 0.0984. The van der Waals surface area contributed by atoms with E-state index >= 15 is 0 Å². The third-order valence-electron chi connectivity index (χ3n) is 2.79. The van der Waals surface area contributed by atoms with Crippen molar-refractivity contribution in [2.75, 3.05) is 40.4 Å². The van der Waals surface area contributed by atoms with Gasteiger partial charge in [0.25, 0.3) is 10.2 Å². The summed E-state index contributed by atoms with van der Waals surface area (Å²) in [4.78, 5) is 0. The van der Waals surface area contributed by atoms with Crippen LogP contribution in [0.4, 0.5) is 0 Å². The Bertz CT molecular complexity index is 288. The second kappa shape index (κ2) is 6.51. The summed E-state index contributed by atoms with van der Waals surface area (Å²) >= 11 is 0. The first-order valence-electron chi connectivity index (χ1n) is 5.50. The van der Waals surface area contributed by atoms with Gasteiger partial charge >= 0.3 is 0 Å². The quantitative estimate of drug-likeness (QED) is 0.603. The summed E-state index contributed by atoms with van der Waals surface area (Å²) in [5, 5.41) is 3.21. The lowest BCUT2D eigenvalue weighted by Gasteiger charge is -2.30. The zero-order chi connectivity index (χ0) is 12.0. The van der Waals surface area contributed by atoms with E-state index < -0.39 is 10.2 Å². The van der Waals surface area contributed by atoms with Crippen molar-refractivity contribution in [1.82, 2.24) is 14.3 Å². The molecule has 6 nitrogen and oxygen atoms in total. The van der Waals surface area contributed by atoms with E-state index in [1.54, 1.807) is 14.2 Å². The van der Waals surface area contributed by atoms with E-state index in [0.717, 1.165) is 25.9 Å². The Labute approximate surface area is 97.5 Å². The molecule has 1 aliphatic heterocycles. The molecule has 0 amide bonds. The fraction of sp³-hybridized carbons (Fsp3) is 1.00. The zero-order valence-corrected chi connectivity index (χ0v) is 10.7. The van der Waals surface area contributed by atoms with Crippen LogP contribution >= 0.6 is 0 Å². The smallest absolute Gasteiger partial charge is 0.279 e. The maximum Gasteiger partial charge on any atom is 0.279 e. The van der Waals surface area contributed by atoms with Crippen LogP contribution in [-0.2, 0) is 14.9 Å². The maximum absolute atomic E-state index is 11.8. The first-order chi connectivity index (χ1) is 7.58. The van der Waals surface area contributed by atoms with Gasteiger partial charge in [0.05, 0.1) is 6.61 Å². The number of piperidine rings is 1. The van der Waals surface area contributed by atoms with E-state index in [9.17, 15) is 8.42 Å². The molecule has 0 radical (unpaired) electrons. The molecule has 2 N–H and O–H groups in total. The van der Waals surface area contributed by atoms with Crippen molar-refractivity contribution < 1.29 is 13.2 Å². The van der Waals surface area contributed by atoms with Gasteiger partial charge < -0.3 is 10.1 Å². The molecular formula is C9H21N3O3S. The molecule has 0 atom stereocenters. The van der Waals surface area contributed by atoms with Gasteiger partial charge in [-0.2, -0.15) is 17.4 Å². The summed E-state index contributed by atoms with van der Waals surface area (Å²) in [6.07, 6.45) is 1.73. The van der Waals surface area contributed by atoms with Gasteiger partial charge in [0, 0.05) is 26.7 Å². The number of rotatable bonds is 6. The molecule has 1 aliphatic rings. The van der Waals surface area contributed by atoms with Gasteiger partial charge in [-0.15, -0.1) is 0 Å². The molecule has 0 aromatic rings. The van der Waals surface area contributed by atoms with Crippen LogP contribution in [0, 0.1) is 0 Å². The highest BCUT2D eigenvalue weighted by molar-refractivity contribution is 7.87. The van der Waals surface area contributed by atoms with Gasteiger partial charge in [-0.05, 0) is 25.9 Å². The lowest BCUT2D eigenvalue weighted by Crippen LogP contribution is -2.48. The van der Waals surface area contributed by atoms with Gasteiger partial charge in [-0.1, -0.05) is 0 Å². The average molecular weight is 251 g/mol. The Kier molecular flexibility index (Phi) is 5.63. The van der Waals surface area contributed by atoms with Crippen molar-refractivity contribution in [1.29, 1.82) is 0 Å². The normalized spacial score (nSPS) is 19.2. The zero-order valence-electron chi connectivity index (χ0n) is 9.90. The van der Waals surface area contributed by atoms with Crippen LogP contribution in [0.1, 0.15) is 12.8 Å². The van der Waals surface area contributed by atoms with E-state index in [2.05, 4.69) is 10.0 Å². The van der Waals surface area contributed by atoms with Crippen LogP contribution in [0.2, 0.25) is 0 Å². The molecule has 0 unspecified atom stereocenters. The minimum atomic E-state index is -3.36. The largest absolute Gasteiger partial charge is 0.383 e. The van der Waals surface area contributed by atoms with Gasteiger partial charge in [-0.3, -0.25) is 0 Å². The maximum atomic E-state index is 11.8. The molecule has 0 aromatic heterocycles. The predicted molar refractivity (Wildman–Crippen MR) is 62.5 cm³/mol. The molecule has 0 aromatic carbocycles. The van der Waals surface area contributed by atoms with E-state index in [1.165, 1.54) is 4.31 Å². The molecule has 1 rings (SSSR count). The molecule has 0 spiro atoms. The minimum absolute atomic E-state index is 0.0984. The van der Waals surface area contributed by atoms with Crippen molar-refractivity contribution in [3.8, 4) is 0 Å². The molecule has 0 bridgehead atoms. The summed E-state index contributed by atoms with van der Waals surface area (Å²) in [5.74, 6) is 0. The fourth-order valence-corrected chi connectivity index (χ4v) is 2.89. The number of methoxy groups -OCH3 is 1. The SMILES string of the molecule is COCCNS(=O)(=O)N(C)C1CCNCC1. The van der Waals surface area contributed by atoms with Gasteiger partial charge in [0.1, 0.15) is 0 Å². The van der Waals surface area contributed by atoms with Gasteiger partial charge in [0.15, 0.2) is 0 Å². The number of nitrogens with zero attached hydrogens (tertiary/aromatic N) is 1. The standard InChI is InChI=1S/C9H21N3O3S/c1-12(9-3-5-10-6-4-9)16(13,14)11-7-8-15-2/h9-11H,3-8H2,1-2H3. The molecule has 96 valence electrons. The number of hydrogen-bond acceptors (Lipinski definition) is 4. The summed E-state index contributed by atoms with van der Waals surface area (Å²) < 4.78 is 32.4. The molecule has 1 fully saturated rings.